The predicted octanol–water partition coefficient (Wildman–Crippen LogP) is 1.58. The molecule has 2 saturated heterocycles. The average Bonchev–Trinajstić information content (AvgIpc) is 2.55. The van der Waals surface area contributed by atoms with Crippen LogP contribution in [0.25, 0.3) is 0 Å². The molecule has 0 saturated carbocycles. The van der Waals surface area contributed by atoms with Crippen LogP contribution >= 0.6 is 23.2 Å². The van der Waals surface area contributed by atoms with Gasteiger partial charge in [-0.1, -0.05) is 29.3 Å². The summed E-state index contributed by atoms with van der Waals surface area (Å²) in [6.45, 7) is 2.31. The van der Waals surface area contributed by atoms with Crippen LogP contribution in [0.5, 0.6) is 0 Å². The second-order valence-electron chi connectivity index (χ2n) is 5.97. The second kappa shape index (κ2) is 7.17. The molecule has 2 fully saturated rings. The van der Waals surface area contributed by atoms with Crippen molar-refractivity contribution in [1.29, 1.82) is 0 Å². The molecule has 9 heteroatoms. The van der Waals surface area contributed by atoms with E-state index in [0.717, 1.165) is 13.0 Å². The molecule has 1 unspecified atom stereocenters. The quantitative estimate of drug-likeness (QED) is 0.848. The second-order valence-corrected chi connectivity index (χ2v) is 8.66. The molecule has 1 N–H and O–H groups in total. The van der Waals surface area contributed by atoms with Gasteiger partial charge in [0.1, 0.15) is 4.90 Å². The highest BCUT2D eigenvalue weighted by Gasteiger charge is 2.36. The Kier molecular flexibility index (Phi) is 5.36. The zero-order valence-corrected chi connectivity index (χ0v) is 15.4. The highest BCUT2D eigenvalue weighted by Crippen LogP contribution is 2.33. The lowest BCUT2D eigenvalue weighted by Crippen LogP contribution is -2.57. The SMILES string of the molecule is O=C1CNCCN1C1CCCN(S(=O)(=O)c2c(Cl)cccc2Cl)C1. The molecule has 3 rings (SSSR count). The summed E-state index contributed by atoms with van der Waals surface area (Å²) in [6, 6.07) is 4.54. The smallest absolute Gasteiger partial charge is 0.246 e. The van der Waals surface area contributed by atoms with Crippen molar-refractivity contribution in [3.8, 4) is 0 Å². The summed E-state index contributed by atoms with van der Waals surface area (Å²) >= 11 is 12.2. The maximum absolute atomic E-state index is 13.0. The number of rotatable bonds is 3. The molecule has 1 aromatic carbocycles. The number of amides is 1. The van der Waals surface area contributed by atoms with Crippen LogP contribution in [0.3, 0.4) is 0 Å². The number of halogens is 2. The van der Waals surface area contributed by atoms with Crippen LogP contribution in [-0.2, 0) is 14.8 Å². The number of nitrogens with one attached hydrogen (secondary N) is 1. The molecule has 0 bridgehead atoms. The van der Waals surface area contributed by atoms with Gasteiger partial charge in [-0.25, -0.2) is 8.42 Å². The molecule has 24 heavy (non-hydrogen) atoms. The minimum Gasteiger partial charge on any atom is -0.336 e. The maximum Gasteiger partial charge on any atom is 0.246 e. The Bertz CT molecular complexity index is 721. The molecule has 0 spiro atoms. The predicted molar refractivity (Wildman–Crippen MR) is 92.8 cm³/mol. The summed E-state index contributed by atoms with van der Waals surface area (Å²) in [5, 5.41) is 3.26. The minimum absolute atomic E-state index is 0.0151. The molecule has 0 aliphatic carbocycles. The Balaban J connectivity index is 1.85. The van der Waals surface area contributed by atoms with Crippen molar-refractivity contribution >= 4 is 39.1 Å². The monoisotopic (exact) mass is 391 g/mol. The van der Waals surface area contributed by atoms with Crippen LogP contribution in [0.2, 0.25) is 10.0 Å². The fraction of sp³-hybridized carbons (Fsp3) is 0.533. The minimum atomic E-state index is -3.80. The standard InChI is InChI=1S/C15H19Cl2N3O3S/c16-12-4-1-5-13(17)15(12)24(22,23)19-7-2-3-11(10-19)20-8-6-18-9-14(20)21/h1,4-5,11,18H,2-3,6-10H2. The van der Waals surface area contributed by atoms with Gasteiger partial charge >= 0.3 is 0 Å². The van der Waals surface area contributed by atoms with Crippen LogP contribution < -0.4 is 5.32 Å². The number of nitrogens with zero attached hydrogens (tertiary/aromatic N) is 2. The molecule has 2 heterocycles. The molecular formula is C15H19Cl2N3O3S. The van der Waals surface area contributed by atoms with E-state index in [9.17, 15) is 13.2 Å². The van der Waals surface area contributed by atoms with Crippen molar-refractivity contribution in [1.82, 2.24) is 14.5 Å². The van der Waals surface area contributed by atoms with Gasteiger partial charge in [0.25, 0.3) is 0 Å². The number of carbonyl (C=O) groups excluding carboxylic acids is 1. The van der Waals surface area contributed by atoms with Gasteiger partial charge in [-0.3, -0.25) is 4.79 Å². The number of carbonyl (C=O) groups is 1. The third-order valence-electron chi connectivity index (χ3n) is 4.44. The Hall–Kier alpha value is -0.860. The van der Waals surface area contributed by atoms with Crippen LogP contribution in [0, 0.1) is 0 Å². The Morgan fingerprint density at radius 1 is 1.17 bits per heavy atom. The molecule has 1 atom stereocenters. The third-order valence-corrected chi connectivity index (χ3v) is 7.26. The lowest BCUT2D eigenvalue weighted by molar-refractivity contribution is -0.135. The fourth-order valence-corrected chi connectivity index (χ4v) is 5.87. The van der Waals surface area contributed by atoms with Gasteiger partial charge in [-0.05, 0) is 25.0 Å². The highest BCUT2D eigenvalue weighted by molar-refractivity contribution is 7.89. The first kappa shape index (κ1) is 17.9. The lowest BCUT2D eigenvalue weighted by atomic mass is 10.1. The number of sulfonamides is 1. The van der Waals surface area contributed by atoms with Crippen LogP contribution in [0.1, 0.15) is 12.8 Å². The molecule has 1 aromatic rings. The largest absolute Gasteiger partial charge is 0.336 e. The van der Waals surface area contributed by atoms with Gasteiger partial charge in [-0.2, -0.15) is 4.31 Å². The third kappa shape index (κ3) is 3.41. The summed E-state index contributed by atoms with van der Waals surface area (Å²) < 4.78 is 27.4. The first-order valence-electron chi connectivity index (χ1n) is 7.85. The first-order chi connectivity index (χ1) is 11.4. The van der Waals surface area contributed by atoms with E-state index in [4.69, 9.17) is 23.2 Å². The van der Waals surface area contributed by atoms with E-state index in [1.807, 2.05) is 0 Å². The molecule has 6 nitrogen and oxygen atoms in total. The Labute approximate surface area is 151 Å². The summed E-state index contributed by atoms with van der Waals surface area (Å²) in [5.41, 5.74) is 0. The molecular weight excluding hydrogens is 373 g/mol. The van der Waals surface area contributed by atoms with E-state index < -0.39 is 10.0 Å². The molecule has 0 radical (unpaired) electrons. The van der Waals surface area contributed by atoms with Crippen molar-refractivity contribution in [2.24, 2.45) is 0 Å². The Morgan fingerprint density at radius 2 is 1.88 bits per heavy atom. The number of hydrogen-bond donors (Lipinski definition) is 1. The summed E-state index contributed by atoms with van der Waals surface area (Å²) in [7, 11) is -3.80. The first-order valence-corrected chi connectivity index (χ1v) is 10.0. The lowest BCUT2D eigenvalue weighted by Gasteiger charge is -2.40. The summed E-state index contributed by atoms with van der Waals surface area (Å²) in [4.78, 5) is 13.8. The molecule has 2 aliphatic heterocycles. The molecule has 132 valence electrons. The van der Waals surface area contributed by atoms with Gasteiger partial charge < -0.3 is 10.2 Å². The zero-order chi connectivity index (χ0) is 17.3. The van der Waals surface area contributed by atoms with Gasteiger partial charge in [0.15, 0.2) is 0 Å². The van der Waals surface area contributed by atoms with E-state index in [0.29, 0.717) is 26.1 Å². The van der Waals surface area contributed by atoms with Gasteiger partial charge in [0, 0.05) is 32.2 Å². The molecule has 0 aromatic heterocycles. The maximum atomic E-state index is 13.0. The topological polar surface area (TPSA) is 69.7 Å². The average molecular weight is 392 g/mol. The van der Waals surface area contributed by atoms with E-state index in [1.165, 1.54) is 16.4 Å². The van der Waals surface area contributed by atoms with Gasteiger partial charge in [0.2, 0.25) is 15.9 Å². The van der Waals surface area contributed by atoms with E-state index >= 15 is 0 Å². The van der Waals surface area contributed by atoms with E-state index in [-0.39, 0.29) is 33.4 Å². The number of piperazine rings is 1. The van der Waals surface area contributed by atoms with Crippen molar-refractivity contribution < 1.29 is 13.2 Å². The van der Waals surface area contributed by atoms with E-state index in [1.54, 1.807) is 11.0 Å². The fourth-order valence-electron chi connectivity index (χ4n) is 3.26. The number of hydrogen-bond acceptors (Lipinski definition) is 4. The van der Waals surface area contributed by atoms with Gasteiger partial charge in [-0.15, -0.1) is 0 Å². The number of benzene rings is 1. The van der Waals surface area contributed by atoms with Crippen LogP contribution in [-0.4, -0.2) is 62.3 Å². The molecule has 1 amide bonds. The van der Waals surface area contributed by atoms with Crippen LogP contribution in [0.4, 0.5) is 0 Å². The van der Waals surface area contributed by atoms with Gasteiger partial charge in [0.05, 0.1) is 16.6 Å². The van der Waals surface area contributed by atoms with Crippen molar-refractivity contribution in [2.75, 3.05) is 32.7 Å². The van der Waals surface area contributed by atoms with Crippen molar-refractivity contribution in [3.05, 3.63) is 28.2 Å². The Morgan fingerprint density at radius 3 is 2.54 bits per heavy atom. The summed E-state index contributed by atoms with van der Waals surface area (Å²) in [6.07, 6.45) is 1.50. The zero-order valence-electron chi connectivity index (χ0n) is 13.0. The normalized spacial score (nSPS) is 23.5. The van der Waals surface area contributed by atoms with Crippen molar-refractivity contribution in [3.63, 3.8) is 0 Å². The summed E-state index contributed by atoms with van der Waals surface area (Å²) in [5.74, 6) is 0.0151. The van der Waals surface area contributed by atoms with Crippen molar-refractivity contribution in [2.45, 2.75) is 23.8 Å². The molecule has 2 aliphatic rings. The number of piperidine rings is 1. The van der Waals surface area contributed by atoms with E-state index in [2.05, 4.69) is 5.32 Å². The highest BCUT2D eigenvalue weighted by atomic mass is 35.5. The van der Waals surface area contributed by atoms with Crippen LogP contribution in [0.15, 0.2) is 23.1 Å².